The topological polar surface area (TPSA) is 215 Å². The molecule has 358 valence electrons. The molecule has 4 rings (SSSR count). The van der Waals surface area contributed by atoms with Crippen molar-refractivity contribution in [3.8, 4) is 0 Å². The maximum atomic E-state index is 14.6. The average molecular weight is 903 g/mol. The Labute approximate surface area is 385 Å². The number of nitrogens with zero attached hydrogens (tertiary/aromatic N) is 2. The molecule has 2 fully saturated rings. The van der Waals surface area contributed by atoms with Crippen LogP contribution in [0, 0.1) is 28.6 Å². The maximum Gasteiger partial charge on any atom is 0.312 e. The summed E-state index contributed by atoms with van der Waals surface area (Å²) >= 11 is 0. The summed E-state index contributed by atoms with van der Waals surface area (Å²) in [4.78, 5) is 102. The summed E-state index contributed by atoms with van der Waals surface area (Å²) in [6.45, 7) is 13.2. The molecule has 65 heavy (non-hydrogen) atoms. The molecule has 2 aromatic rings. The third-order valence-electron chi connectivity index (χ3n) is 12.9. The number of rotatable bonds is 22. The third kappa shape index (κ3) is 14.3. The fourth-order valence-corrected chi connectivity index (χ4v) is 9.39. The molecule has 0 unspecified atom stereocenters. The summed E-state index contributed by atoms with van der Waals surface area (Å²) < 4.78 is 0. The first-order valence-electron chi connectivity index (χ1n) is 23.4. The quantitative estimate of drug-likeness (QED) is 0.0996. The van der Waals surface area contributed by atoms with Crippen LogP contribution in [-0.4, -0.2) is 118 Å². The second-order valence-electron chi connectivity index (χ2n) is 20.0. The Kier molecular flexibility index (Phi) is 19.1. The molecule has 0 bridgehead atoms. The van der Waals surface area contributed by atoms with Crippen LogP contribution in [0.3, 0.4) is 0 Å². The van der Waals surface area contributed by atoms with Gasteiger partial charge in [0.15, 0.2) is 0 Å². The van der Waals surface area contributed by atoms with Crippen molar-refractivity contribution < 1.29 is 43.8 Å². The van der Waals surface area contributed by atoms with Gasteiger partial charge in [0, 0.05) is 26.1 Å². The Morgan fingerprint density at radius 3 is 1.72 bits per heavy atom. The van der Waals surface area contributed by atoms with Gasteiger partial charge in [-0.1, -0.05) is 122 Å². The minimum absolute atomic E-state index is 0.0840. The average Bonchev–Trinajstić information content (AvgIpc) is 3.98. The minimum atomic E-state index is -1.68. The molecule has 15 heteroatoms. The number of benzene rings is 2. The molecule has 5 atom stereocenters. The van der Waals surface area contributed by atoms with Gasteiger partial charge in [-0.05, 0) is 73.3 Å². The van der Waals surface area contributed by atoms with E-state index in [1.165, 1.54) is 4.90 Å². The summed E-state index contributed by atoms with van der Waals surface area (Å²) in [5.41, 5.74) is -0.687. The zero-order chi connectivity index (χ0) is 48.1. The molecule has 0 spiro atoms. The van der Waals surface area contributed by atoms with Crippen molar-refractivity contribution in [2.45, 2.75) is 143 Å². The number of nitrogens with one attached hydrogen (secondary N) is 4. The van der Waals surface area contributed by atoms with Crippen LogP contribution in [0.4, 0.5) is 0 Å². The van der Waals surface area contributed by atoms with Crippen LogP contribution in [0.1, 0.15) is 111 Å². The van der Waals surface area contributed by atoms with Crippen LogP contribution in [-0.2, 0) is 46.4 Å². The smallest absolute Gasteiger partial charge is 0.312 e. The monoisotopic (exact) mass is 903 g/mol. The zero-order valence-electron chi connectivity index (χ0n) is 39.7. The molecule has 1 heterocycles. The summed E-state index contributed by atoms with van der Waals surface area (Å²) in [5.74, 6) is -5.81. The number of aliphatic hydroxyl groups excluding tert-OH is 1. The molecule has 1 aliphatic carbocycles. The Morgan fingerprint density at radius 1 is 0.723 bits per heavy atom. The van der Waals surface area contributed by atoms with Crippen LogP contribution in [0.5, 0.6) is 0 Å². The lowest BCUT2D eigenvalue weighted by Crippen LogP contribution is -2.64. The molecule has 6 N–H and O–H groups in total. The third-order valence-corrected chi connectivity index (χ3v) is 12.9. The lowest BCUT2D eigenvalue weighted by molar-refractivity contribution is -0.155. The van der Waals surface area contributed by atoms with Crippen LogP contribution < -0.4 is 21.3 Å². The van der Waals surface area contributed by atoms with E-state index in [0.29, 0.717) is 45.2 Å². The summed E-state index contributed by atoms with van der Waals surface area (Å²) in [6.07, 6.45) is 3.53. The number of hydrogen-bond donors (Lipinski definition) is 6. The molecular formula is C50H74N6O9. The van der Waals surface area contributed by atoms with E-state index >= 15 is 0 Å². The first-order valence-corrected chi connectivity index (χ1v) is 23.4. The highest BCUT2D eigenvalue weighted by atomic mass is 16.4. The van der Waals surface area contributed by atoms with Crippen molar-refractivity contribution >= 4 is 41.4 Å². The number of carboxylic acid groups (broad SMARTS) is 1. The van der Waals surface area contributed by atoms with Crippen molar-refractivity contribution in [2.24, 2.45) is 28.6 Å². The van der Waals surface area contributed by atoms with Gasteiger partial charge in [-0.2, -0.15) is 0 Å². The second-order valence-corrected chi connectivity index (χ2v) is 20.0. The number of amides is 6. The van der Waals surface area contributed by atoms with Gasteiger partial charge in [0.05, 0.1) is 24.5 Å². The predicted molar refractivity (Wildman–Crippen MR) is 248 cm³/mol. The van der Waals surface area contributed by atoms with Gasteiger partial charge in [0.25, 0.3) is 0 Å². The number of aliphatic hydroxyl groups is 1. The molecule has 2 aromatic carbocycles. The fraction of sp³-hybridized carbons (Fsp3) is 0.620. The first kappa shape index (κ1) is 52.3. The summed E-state index contributed by atoms with van der Waals surface area (Å²) in [5, 5.41) is 31.7. The molecule has 15 nitrogen and oxygen atoms in total. The highest BCUT2D eigenvalue weighted by Crippen LogP contribution is 2.42. The van der Waals surface area contributed by atoms with Crippen LogP contribution in [0.15, 0.2) is 60.7 Å². The Morgan fingerprint density at radius 2 is 1.26 bits per heavy atom. The molecule has 1 aliphatic heterocycles. The maximum absolute atomic E-state index is 14.6. The molecular weight excluding hydrogens is 829 g/mol. The molecule has 6 amide bonds. The molecule has 1 saturated carbocycles. The van der Waals surface area contributed by atoms with E-state index in [0.717, 1.165) is 24.0 Å². The number of hydrogen-bond acceptors (Lipinski definition) is 8. The van der Waals surface area contributed by atoms with E-state index in [9.17, 15) is 43.8 Å². The number of carbonyl (C=O) groups is 7. The molecule has 0 radical (unpaired) electrons. The number of carbonyl (C=O) groups excluding carboxylic acids is 6. The highest BCUT2D eigenvalue weighted by molar-refractivity contribution is 5.99. The lowest BCUT2D eigenvalue weighted by Gasteiger charge is -2.37. The van der Waals surface area contributed by atoms with Crippen LogP contribution in [0.2, 0.25) is 0 Å². The molecule has 1 saturated heterocycles. The van der Waals surface area contributed by atoms with E-state index in [4.69, 9.17) is 0 Å². The van der Waals surface area contributed by atoms with E-state index in [1.54, 1.807) is 32.7 Å². The van der Waals surface area contributed by atoms with Gasteiger partial charge < -0.3 is 41.3 Å². The zero-order valence-corrected chi connectivity index (χ0v) is 39.7. The van der Waals surface area contributed by atoms with Gasteiger partial charge in [0.1, 0.15) is 24.2 Å². The van der Waals surface area contributed by atoms with Crippen LogP contribution >= 0.6 is 0 Å². The Balaban J connectivity index is 1.64. The SMILES string of the molecule is CC(C)C[C@@H](CO)NC(=O)[C@@H](NC(=O)[C@H](CC(=O)N1CCCC1)NC(=O)[C@@H](NC(=O)[C@H](C(C)C)N(C)C(=O)C(Cc1ccccc1)Cc1ccccc1)C(C)(C)C)C1(C(=O)O)CCCC1. The largest absolute Gasteiger partial charge is 0.481 e. The van der Waals surface area contributed by atoms with Gasteiger partial charge in [-0.25, -0.2) is 0 Å². The van der Waals surface area contributed by atoms with Crippen molar-refractivity contribution in [2.75, 3.05) is 26.7 Å². The number of aliphatic carboxylic acids is 1. The van der Waals surface area contributed by atoms with E-state index in [2.05, 4.69) is 21.3 Å². The van der Waals surface area contributed by atoms with Crippen molar-refractivity contribution in [3.05, 3.63) is 71.8 Å². The van der Waals surface area contributed by atoms with Gasteiger partial charge in [-0.3, -0.25) is 33.6 Å². The summed E-state index contributed by atoms with van der Waals surface area (Å²) in [7, 11) is 1.60. The van der Waals surface area contributed by atoms with Gasteiger partial charge in [-0.15, -0.1) is 0 Å². The van der Waals surface area contributed by atoms with Gasteiger partial charge in [0.2, 0.25) is 35.4 Å². The van der Waals surface area contributed by atoms with E-state index < -0.39 is 95.5 Å². The Bertz CT molecular complexity index is 1880. The van der Waals surface area contributed by atoms with Crippen LogP contribution in [0.25, 0.3) is 0 Å². The predicted octanol–water partition coefficient (Wildman–Crippen LogP) is 4.25. The number of carboxylic acids is 1. The second kappa shape index (κ2) is 23.7. The lowest BCUT2D eigenvalue weighted by atomic mass is 9.77. The standard InChI is InChI=1S/C50H74N6O9/c1-32(2)27-37(31-57)51-46(62)42(50(48(64)65)23-15-16-24-50)54-43(59)38(30-39(58)56-25-17-18-26-56)52-45(61)41(49(5,6)7)53-44(60)40(33(3)4)55(8)47(63)36(28-34-19-11-9-12-20-34)29-35-21-13-10-14-22-35/h9-14,19-22,32-33,36-38,40-42,57H,15-18,23-31H2,1-8H3,(H,51,62)(H,52,61)(H,53,60)(H,54,59)(H,64,65)/t37-,38-,40-,41+,42+/m0/s1. The molecule has 0 aromatic heterocycles. The van der Waals surface area contributed by atoms with Gasteiger partial charge >= 0.3 is 5.97 Å². The van der Waals surface area contributed by atoms with Crippen molar-refractivity contribution in [1.29, 1.82) is 0 Å². The fourth-order valence-electron chi connectivity index (χ4n) is 9.39. The first-order chi connectivity index (χ1) is 30.7. The normalized spacial score (nSPS) is 17.2. The van der Waals surface area contributed by atoms with E-state index in [-0.39, 0.29) is 30.6 Å². The molecule has 2 aliphatic rings. The Hall–Kier alpha value is -5.31. The highest BCUT2D eigenvalue weighted by Gasteiger charge is 2.53. The van der Waals surface area contributed by atoms with Crippen molar-refractivity contribution in [3.63, 3.8) is 0 Å². The number of likely N-dealkylation sites (tertiary alicyclic amines) is 1. The number of likely N-dealkylation sites (N-methyl/N-ethyl adjacent to an activating group) is 1. The minimum Gasteiger partial charge on any atom is -0.481 e. The van der Waals surface area contributed by atoms with E-state index in [1.807, 2.05) is 88.4 Å². The summed E-state index contributed by atoms with van der Waals surface area (Å²) in [6, 6.07) is 13.2. The van der Waals surface area contributed by atoms with Crippen molar-refractivity contribution in [1.82, 2.24) is 31.1 Å².